The van der Waals surface area contributed by atoms with Crippen LogP contribution >= 0.6 is 0 Å². The molecule has 0 heterocycles. The van der Waals surface area contributed by atoms with Gasteiger partial charge in [0.05, 0.1) is 0 Å². The minimum absolute atomic E-state index is 0.0166. The van der Waals surface area contributed by atoms with E-state index in [9.17, 15) is 14.4 Å². The lowest BCUT2D eigenvalue weighted by Crippen LogP contribution is -2.57. The summed E-state index contributed by atoms with van der Waals surface area (Å²) >= 11 is 0. The summed E-state index contributed by atoms with van der Waals surface area (Å²) in [6.07, 6.45) is 5.82. The fraction of sp³-hybridized carbons (Fsp3) is 0.857. The average molecular weight is 379 g/mol. The first-order valence-corrected chi connectivity index (χ1v) is 10.5. The van der Waals surface area contributed by atoms with Crippen molar-refractivity contribution in [3.63, 3.8) is 0 Å². The standard InChI is InChI=1S/C21H34N2O4/c1-5-22-18(24)13(4)27-19(25)17(12(2)3)23-20(26)21-9-14-6-15(10-21)8-16(7-14)11-21/h12-17H,5-11H2,1-4H3,(H,22,24)(H,23,26)/t13-,14?,15?,16?,17-,21?/m0/s1. The van der Waals surface area contributed by atoms with Crippen molar-refractivity contribution in [3.8, 4) is 0 Å². The molecule has 0 spiro atoms. The Morgan fingerprint density at radius 3 is 1.96 bits per heavy atom. The zero-order chi connectivity index (χ0) is 19.8. The van der Waals surface area contributed by atoms with Gasteiger partial charge in [-0.3, -0.25) is 9.59 Å². The summed E-state index contributed by atoms with van der Waals surface area (Å²) < 4.78 is 5.34. The minimum Gasteiger partial charge on any atom is -0.451 e. The van der Waals surface area contributed by atoms with Crippen LogP contribution in [0.5, 0.6) is 0 Å². The highest BCUT2D eigenvalue weighted by Crippen LogP contribution is 2.60. The molecule has 2 amide bonds. The first kappa shape index (κ1) is 20.2. The monoisotopic (exact) mass is 378 g/mol. The predicted molar refractivity (Wildman–Crippen MR) is 102 cm³/mol. The van der Waals surface area contributed by atoms with Gasteiger partial charge in [0.25, 0.3) is 5.91 Å². The Morgan fingerprint density at radius 2 is 1.52 bits per heavy atom. The van der Waals surface area contributed by atoms with Crippen molar-refractivity contribution in [2.75, 3.05) is 6.54 Å². The SMILES string of the molecule is CCNC(=O)[C@H](C)OC(=O)[C@@H](NC(=O)C12CC3CC(CC(C3)C1)C2)C(C)C. The Bertz CT molecular complexity index is 566. The van der Waals surface area contributed by atoms with Crippen LogP contribution in [-0.4, -0.2) is 36.5 Å². The Kier molecular flexibility index (Phi) is 5.82. The number of nitrogens with one attached hydrogen (secondary N) is 2. The molecule has 4 aliphatic rings. The lowest BCUT2D eigenvalue weighted by Gasteiger charge is -2.55. The number of carbonyl (C=O) groups is 3. The van der Waals surface area contributed by atoms with Gasteiger partial charge < -0.3 is 15.4 Å². The maximum Gasteiger partial charge on any atom is 0.329 e. The molecule has 4 bridgehead atoms. The predicted octanol–water partition coefficient (Wildman–Crippen LogP) is 2.41. The average Bonchev–Trinajstić information content (AvgIpc) is 2.57. The van der Waals surface area contributed by atoms with Crippen molar-refractivity contribution in [2.24, 2.45) is 29.1 Å². The van der Waals surface area contributed by atoms with Gasteiger partial charge in [0, 0.05) is 12.0 Å². The summed E-state index contributed by atoms with van der Waals surface area (Å²) in [5.41, 5.74) is -0.298. The number of ether oxygens (including phenoxy) is 1. The maximum absolute atomic E-state index is 13.2. The van der Waals surface area contributed by atoms with Gasteiger partial charge in [0.2, 0.25) is 5.91 Å². The van der Waals surface area contributed by atoms with E-state index in [0.717, 1.165) is 19.3 Å². The van der Waals surface area contributed by atoms with Crippen LogP contribution in [0.4, 0.5) is 0 Å². The molecule has 0 saturated heterocycles. The minimum atomic E-state index is -0.866. The van der Waals surface area contributed by atoms with E-state index in [-0.39, 0.29) is 23.1 Å². The van der Waals surface area contributed by atoms with Crippen molar-refractivity contribution >= 4 is 17.8 Å². The van der Waals surface area contributed by atoms with Crippen LogP contribution in [0, 0.1) is 29.1 Å². The van der Waals surface area contributed by atoms with Crippen LogP contribution in [0.15, 0.2) is 0 Å². The van der Waals surface area contributed by atoms with Gasteiger partial charge in [0.15, 0.2) is 6.10 Å². The van der Waals surface area contributed by atoms with Crippen LogP contribution in [0.25, 0.3) is 0 Å². The van der Waals surface area contributed by atoms with Crippen molar-refractivity contribution in [3.05, 3.63) is 0 Å². The highest BCUT2D eigenvalue weighted by atomic mass is 16.5. The Balaban J connectivity index is 1.65. The molecule has 4 aliphatic carbocycles. The van der Waals surface area contributed by atoms with Crippen LogP contribution < -0.4 is 10.6 Å². The lowest BCUT2D eigenvalue weighted by molar-refractivity contribution is -0.161. The number of esters is 1. The maximum atomic E-state index is 13.2. The molecular weight excluding hydrogens is 344 g/mol. The molecule has 4 rings (SSSR count). The molecule has 4 fully saturated rings. The first-order chi connectivity index (χ1) is 12.7. The van der Waals surface area contributed by atoms with Gasteiger partial charge in [-0.15, -0.1) is 0 Å². The second-order valence-corrected chi connectivity index (χ2v) is 9.37. The van der Waals surface area contributed by atoms with Crippen molar-refractivity contribution in [1.82, 2.24) is 10.6 Å². The van der Waals surface area contributed by atoms with E-state index >= 15 is 0 Å². The van der Waals surface area contributed by atoms with Gasteiger partial charge in [-0.25, -0.2) is 4.79 Å². The van der Waals surface area contributed by atoms with Gasteiger partial charge in [0.1, 0.15) is 6.04 Å². The van der Waals surface area contributed by atoms with Crippen LogP contribution in [-0.2, 0) is 19.1 Å². The number of hydrogen-bond acceptors (Lipinski definition) is 4. The first-order valence-electron chi connectivity index (χ1n) is 10.5. The molecule has 0 aromatic carbocycles. The zero-order valence-corrected chi connectivity index (χ0v) is 17.0. The fourth-order valence-electron chi connectivity index (χ4n) is 5.80. The summed E-state index contributed by atoms with van der Waals surface area (Å²) in [4.78, 5) is 37.7. The van der Waals surface area contributed by atoms with E-state index in [2.05, 4.69) is 10.6 Å². The third kappa shape index (κ3) is 4.14. The molecular formula is C21H34N2O4. The number of likely N-dealkylation sites (N-methyl/N-ethyl adjacent to an activating group) is 1. The molecule has 6 heteroatoms. The quantitative estimate of drug-likeness (QED) is 0.666. The van der Waals surface area contributed by atoms with Crippen molar-refractivity contribution in [2.45, 2.75) is 78.4 Å². The van der Waals surface area contributed by atoms with Crippen molar-refractivity contribution < 1.29 is 19.1 Å². The van der Waals surface area contributed by atoms with E-state index in [0.29, 0.717) is 24.3 Å². The Labute approximate surface area is 162 Å². The molecule has 152 valence electrons. The molecule has 0 unspecified atom stereocenters. The Morgan fingerprint density at radius 1 is 1.00 bits per heavy atom. The highest BCUT2D eigenvalue weighted by molar-refractivity contribution is 5.90. The largest absolute Gasteiger partial charge is 0.451 e. The van der Waals surface area contributed by atoms with E-state index < -0.39 is 18.1 Å². The van der Waals surface area contributed by atoms with Crippen LogP contribution in [0.1, 0.15) is 66.2 Å². The summed E-state index contributed by atoms with van der Waals surface area (Å²) in [5.74, 6) is 1.08. The van der Waals surface area contributed by atoms with Crippen LogP contribution in [0.2, 0.25) is 0 Å². The summed E-state index contributed by atoms with van der Waals surface area (Å²) in [7, 11) is 0. The lowest BCUT2D eigenvalue weighted by atomic mass is 9.49. The molecule has 2 atom stereocenters. The van der Waals surface area contributed by atoms with E-state index in [1.165, 1.54) is 19.3 Å². The topological polar surface area (TPSA) is 84.5 Å². The van der Waals surface area contributed by atoms with Gasteiger partial charge in [-0.2, -0.15) is 0 Å². The molecule has 0 aliphatic heterocycles. The Hall–Kier alpha value is -1.59. The van der Waals surface area contributed by atoms with E-state index in [4.69, 9.17) is 4.74 Å². The smallest absolute Gasteiger partial charge is 0.329 e. The number of hydrogen-bond donors (Lipinski definition) is 2. The second kappa shape index (κ2) is 7.80. The van der Waals surface area contributed by atoms with Crippen LogP contribution in [0.3, 0.4) is 0 Å². The molecule has 6 nitrogen and oxygen atoms in total. The summed E-state index contributed by atoms with van der Waals surface area (Å²) in [6, 6.07) is -0.720. The van der Waals surface area contributed by atoms with Gasteiger partial charge in [-0.05, 0) is 76.0 Å². The molecule has 27 heavy (non-hydrogen) atoms. The van der Waals surface area contributed by atoms with Gasteiger partial charge >= 0.3 is 5.97 Å². The third-order valence-corrected chi connectivity index (χ3v) is 6.74. The summed E-state index contributed by atoms with van der Waals surface area (Å²) in [5, 5.41) is 5.65. The highest BCUT2D eigenvalue weighted by Gasteiger charge is 2.55. The number of amides is 2. The molecule has 0 aromatic heterocycles. The normalized spacial score (nSPS) is 33.4. The van der Waals surface area contributed by atoms with E-state index in [1.54, 1.807) is 6.92 Å². The van der Waals surface area contributed by atoms with E-state index in [1.807, 2.05) is 20.8 Å². The summed E-state index contributed by atoms with van der Waals surface area (Å²) in [6.45, 7) is 7.64. The zero-order valence-electron chi connectivity index (χ0n) is 17.0. The third-order valence-electron chi connectivity index (χ3n) is 6.74. The fourth-order valence-corrected chi connectivity index (χ4v) is 5.80. The molecule has 0 radical (unpaired) electrons. The van der Waals surface area contributed by atoms with Crippen molar-refractivity contribution in [1.29, 1.82) is 0 Å². The number of rotatable bonds is 7. The molecule has 4 saturated carbocycles. The number of carbonyl (C=O) groups excluding carboxylic acids is 3. The second-order valence-electron chi connectivity index (χ2n) is 9.37. The molecule has 2 N–H and O–H groups in total. The van der Waals surface area contributed by atoms with Gasteiger partial charge in [-0.1, -0.05) is 13.8 Å². The molecule has 0 aromatic rings.